The van der Waals surface area contributed by atoms with Crippen LogP contribution in [0.15, 0.2) is 53.7 Å². The number of Topliss-reactive ketones (excluding diaryl/α,β-unsaturated/α-hetero) is 1. The summed E-state index contributed by atoms with van der Waals surface area (Å²) in [5.74, 6) is 2.07. The molecular weight excluding hydrogens is 354 g/mol. The molecule has 1 aliphatic heterocycles. The highest BCUT2D eigenvalue weighted by atomic mass is 16.5. The Balaban J connectivity index is 1.97. The number of allylic oxidation sites excluding steroid dienone is 2. The number of carbonyl (C=O) groups excluding carboxylic acids is 1. The number of imidazole rings is 1. The molecule has 0 amide bonds. The molecule has 6 heteroatoms. The number of para-hydroxylation sites is 2. The summed E-state index contributed by atoms with van der Waals surface area (Å²) in [4.78, 5) is 17.3. The lowest BCUT2D eigenvalue weighted by Crippen LogP contribution is -2.27. The van der Waals surface area contributed by atoms with Crippen LogP contribution in [0, 0.1) is 0 Å². The fraction of sp³-hybridized carbons (Fsp3) is 0.273. The Morgan fingerprint density at radius 2 is 2.00 bits per heavy atom. The van der Waals surface area contributed by atoms with Crippen molar-refractivity contribution < 1.29 is 14.3 Å². The third-order valence-electron chi connectivity index (χ3n) is 5.01. The number of nitrogens with zero attached hydrogens (tertiary/aromatic N) is 2. The largest absolute Gasteiger partial charge is 0.493 e. The molecule has 1 aliphatic rings. The van der Waals surface area contributed by atoms with Crippen molar-refractivity contribution in [2.45, 2.75) is 26.8 Å². The lowest BCUT2D eigenvalue weighted by Gasteiger charge is -2.30. The first-order valence-electron chi connectivity index (χ1n) is 9.31. The average Bonchev–Trinajstić information content (AvgIpc) is 3.05. The molecule has 1 N–H and O–H groups in total. The van der Waals surface area contributed by atoms with E-state index >= 15 is 0 Å². The number of nitrogens with one attached hydrogen (secondary N) is 1. The molecule has 1 atom stereocenters. The fourth-order valence-corrected chi connectivity index (χ4v) is 3.86. The molecule has 0 saturated carbocycles. The topological polar surface area (TPSA) is 65.4 Å². The Morgan fingerprint density at radius 1 is 1.21 bits per heavy atom. The monoisotopic (exact) mass is 377 g/mol. The molecule has 2 heterocycles. The highest BCUT2D eigenvalue weighted by Crippen LogP contribution is 2.41. The lowest BCUT2D eigenvalue weighted by molar-refractivity contribution is -0.114. The Bertz CT molecular complexity index is 1100. The predicted octanol–water partition coefficient (Wildman–Crippen LogP) is 4.32. The molecule has 1 unspecified atom stereocenters. The molecule has 3 aromatic rings. The van der Waals surface area contributed by atoms with Crippen molar-refractivity contribution in [2.24, 2.45) is 0 Å². The maximum absolute atomic E-state index is 12.6. The summed E-state index contributed by atoms with van der Waals surface area (Å²) in [6.07, 6.45) is 0. The SMILES string of the molecule is CCOc1ccc(C2C(C(C)=O)=C(C)Nc3nc4ccccc4n32)cc1OC. The molecule has 28 heavy (non-hydrogen) atoms. The van der Waals surface area contributed by atoms with Gasteiger partial charge in [0.05, 0.1) is 30.8 Å². The van der Waals surface area contributed by atoms with Crippen LogP contribution < -0.4 is 14.8 Å². The summed E-state index contributed by atoms with van der Waals surface area (Å²) < 4.78 is 13.3. The molecule has 144 valence electrons. The van der Waals surface area contributed by atoms with E-state index in [1.807, 2.05) is 56.3 Å². The van der Waals surface area contributed by atoms with Crippen LogP contribution in [0.5, 0.6) is 11.5 Å². The van der Waals surface area contributed by atoms with Crippen LogP contribution in [0.25, 0.3) is 11.0 Å². The quantitative estimate of drug-likeness (QED) is 0.717. The van der Waals surface area contributed by atoms with Gasteiger partial charge < -0.3 is 14.8 Å². The molecule has 0 saturated heterocycles. The van der Waals surface area contributed by atoms with Crippen molar-refractivity contribution in [3.05, 3.63) is 59.3 Å². The third kappa shape index (κ3) is 2.81. The second kappa shape index (κ2) is 7.03. The van der Waals surface area contributed by atoms with Crippen LogP contribution in [0.3, 0.4) is 0 Å². The van der Waals surface area contributed by atoms with Gasteiger partial charge in [-0.15, -0.1) is 0 Å². The minimum absolute atomic E-state index is 0.0197. The van der Waals surface area contributed by atoms with Gasteiger partial charge in [0, 0.05) is 11.3 Å². The molecule has 1 aromatic heterocycles. The number of methoxy groups -OCH3 is 1. The van der Waals surface area contributed by atoms with Gasteiger partial charge in [0.15, 0.2) is 17.3 Å². The molecule has 0 aliphatic carbocycles. The predicted molar refractivity (Wildman–Crippen MR) is 109 cm³/mol. The fourth-order valence-electron chi connectivity index (χ4n) is 3.86. The van der Waals surface area contributed by atoms with Crippen LogP contribution in [-0.2, 0) is 4.79 Å². The third-order valence-corrected chi connectivity index (χ3v) is 5.01. The summed E-state index contributed by atoms with van der Waals surface area (Å²) in [5.41, 5.74) is 4.31. The number of anilines is 1. The number of hydrogen-bond donors (Lipinski definition) is 1. The zero-order chi connectivity index (χ0) is 19.8. The van der Waals surface area contributed by atoms with Crippen LogP contribution in [0.2, 0.25) is 0 Å². The molecule has 4 rings (SSSR count). The van der Waals surface area contributed by atoms with E-state index in [0.29, 0.717) is 23.7 Å². The number of rotatable bonds is 5. The van der Waals surface area contributed by atoms with E-state index in [9.17, 15) is 4.79 Å². The minimum Gasteiger partial charge on any atom is -0.493 e. The Labute approximate surface area is 163 Å². The van der Waals surface area contributed by atoms with Gasteiger partial charge in [-0.3, -0.25) is 9.36 Å². The van der Waals surface area contributed by atoms with Crippen molar-refractivity contribution in [2.75, 3.05) is 19.0 Å². The van der Waals surface area contributed by atoms with Gasteiger partial charge in [0.25, 0.3) is 0 Å². The standard InChI is InChI=1S/C22H23N3O3/c1-5-28-18-11-10-15(12-19(18)27-4)21-20(14(3)26)13(2)23-22-24-16-8-6-7-9-17(16)25(21)22/h6-12,21H,5H2,1-4H3,(H,23,24). The van der Waals surface area contributed by atoms with Gasteiger partial charge in [0.1, 0.15) is 0 Å². The first kappa shape index (κ1) is 18.1. The van der Waals surface area contributed by atoms with Gasteiger partial charge in [-0.1, -0.05) is 18.2 Å². The van der Waals surface area contributed by atoms with Crippen molar-refractivity contribution >= 4 is 22.8 Å². The van der Waals surface area contributed by atoms with Crippen molar-refractivity contribution in [3.8, 4) is 11.5 Å². The summed E-state index contributed by atoms with van der Waals surface area (Å²) in [6, 6.07) is 13.4. The van der Waals surface area contributed by atoms with E-state index in [2.05, 4.69) is 9.88 Å². The van der Waals surface area contributed by atoms with E-state index in [0.717, 1.165) is 28.2 Å². The summed E-state index contributed by atoms with van der Waals surface area (Å²) in [7, 11) is 1.62. The van der Waals surface area contributed by atoms with Crippen LogP contribution in [0.1, 0.15) is 32.4 Å². The van der Waals surface area contributed by atoms with Crippen molar-refractivity contribution in [1.82, 2.24) is 9.55 Å². The normalized spacial score (nSPS) is 15.9. The highest BCUT2D eigenvalue weighted by Gasteiger charge is 2.32. The Hall–Kier alpha value is -3.28. The lowest BCUT2D eigenvalue weighted by atomic mass is 9.92. The minimum atomic E-state index is -0.300. The smallest absolute Gasteiger partial charge is 0.209 e. The van der Waals surface area contributed by atoms with Crippen LogP contribution in [-0.4, -0.2) is 29.1 Å². The van der Waals surface area contributed by atoms with Crippen molar-refractivity contribution in [3.63, 3.8) is 0 Å². The maximum Gasteiger partial charge on any atom is 0.209 e. The summed E-state index contributed by atoms with van der Waals surface area (Å²) in [5, 5.41) is 3.30. The zero-order valence-electron chi connectivity index (χ0n) is 16.4. The first-order valence-corrected chi connectivity index (χ1v) is 9.31. The molecule has 0 fully saturated rings. The molecule has 0 bridgehead atoms. The highest BCUT2D eigenvalue weighted by molar-refractivity contribution is 5.97. The molecule has 0 radical (unpaired) electrons. The number of ether oxygens (including phenoxy) is 2. The van der Waals surface area contributed by atoms with Crippen molar-refractivity contribution in [1.29, 1.82) is 0 Å². The van der Waals surface area contributed by atoms with Gasteiger partial charge in [-0.25, -0.2) is 4.98 Å². The average molecular weight is 377 g/mol. The molecule has 0 spiro atoms. The number of hydrogen-bond acceptors (Lipinski definition) is 5. The molecular formula is C22H23N3O3. The van der Waals surface area contributed by atoms with E-state index in [-0.39, 0.29) is 11.8 Å². The number of carbonyl (C=O) groups is 1. The van der Waals surface area contributed by atoms with Gasteiger partial charge >= 0.3 is 0 Å². The van der Waals surface area contributed by atoms with Gasteiger partial charge in [-0.05, 0) is 50.6 Å². The number of ketones is 1. The Morgan fingerprint density at radius 3 is 2.71 bits per heavy atom. The van der Waals surface area contributed by atoms with Gasteiger partial charge in [-0.2, -0.15) is 0 Å². The Kier molecular flexibility index (Phi) is 4.55. The second-order valence-corrected chi connectivity index (χ2v) is 6.76. The second-order valence-electron chi connectivity index (χ2n) is 6.76. The van der Waals surface area contributed by atoms with E-state index in [1.165, 1.54) is 0 Å². The zero-order valence-corrected chi connectivity index (χ0v) is 16.4. The van der Waals surface area contributed by atoms with Crippen LogP contribution >= 0.6 is 0 Å². The summed E-state index contributed by atoms with van der Waals surface area (Å²) >= 11 is 0. The van der Waals surface area contributed by atoms with E-state index in [1.54, 1.807) is 14.0 Å². The van der Waals surface area contributed by atoms with E-state index in [4.69, 9.17) is 14.5 Å². The molecule has 2 aromatic carbocycles. The number of aromatic nitrogens is 2. The molecule has 6 nitrogen and oxygen atoms in total. The van der Waals surface area contributed by atoms with Gasteiger partial charge in [0.2, 0.25) is 5.95 Å². The summed E-state index contributed by atoms with van der Waals surface area (Å²) in [6.45, 7) is 6.00. The maximum atomic E-state index is 12.6. The number of fused-ring (bicyclic) bond motifs is 3. The first-order chi connectivity index (χ1) is 13.5. The van der Waals surface area contributed by atoms with Crippen LogP contribution in [0.4, 0.5) is 5.95 Å². The van der Waals surface area contributed by atoms with E-state index < -0.39 is 0 Å². The number of benzene rings is 2.